The molecular formula is C13H11N3O4S. The maximum Gasteiger partial charge on any atom is 0.360 e. The molecule has 2 aromatic rings. The van der Waals surface area contributed by atoms with E-state index in [1.54, 1.807) is 17.6 Å². The second kappa shape index (κ2) is 5.17. The monoisotopic (exact) mass is 305 g/mol. The van der Waals surface area contributed by atoms with Crippen molar-refractivity contribution in [3.8, 4) is 17.2 Å². The topological polar surface area (TPSA) is 108 Å². The molecule has 5 N–H and O–H groups in total. The van der Waals surface area contributed by atoms with Crippen molar-refractivity contribution in [1.82, 2.24) is 5.43 Å². The number of nitrogens with zero attached hydrogens (tertiary/aromatic N) is 1. The summed E-state index contributed by atoms with van der Waals surface area (Å²) in [5.41, 5.74) is 1.70. The van der Waals surface area contributed by atoms with Crippen molar-refractivity contribution < 1.29 is 19.8 Å². The summed E-state index contributed by atoms with van der Waals surface area (Å²) in [6.45, 7) is 0. The Hall–Kier alpha value is -2.42. The molecule has 1 heterocycles. The number of fused-ring (bicyclic) bond motifs is 2. The van der Waals surface area contributed by atoms with Gasteiger partial charge in [-0.05, 0) is 24.3 Å². The number of carbonyl (C=O) groups is 1. The highest BCUT2D eigenvalue weighted by atomic mass is 32.2. The van der Waals surface area contributed by atoms with Crippen LogP contribution in [0.3, 0.4) is 0 Å². The van der Waals surface area contributed by atoms with Gasteiger partial charge in [-0.3, -0.25) is 10.6 Å². The maximum absolute atomic E-state index is 11.5. The number of rotatable bonds is 1. The maximum atomic E-state index is 11.5. The smallest absolute Gasteiger partial charge is 0.360 e. The van der Waals surface area contributed by atoms with Gasteiger partial charge in [-0.25, -0.2) is 10.6 Å². The number of hydrogen-bond acceptors (Lipinski definition) is 6. The molecule has 21 heavy (non-hydrogen) atoms. The molecule has 0 saturated heterocycles. The van der Waals surface area contributed by atoms with Crippen molar-refractivity contribution in [2.24, 2.45) is 5.84 Å². The summed E-state index contributed by atoms with van der Waals surface area (Å²) in [5, 5.41) is 20.1. The van der Waals surface area contributed by atoms with Crippen LogP contribution in [0.25, 0.3) is 0 Å². The van der Waals surface area contributed by atoms with Gasteiger partial charge in [0.1, 0.15) is 22.9 Å². The van der Waals surface area contributed by atoms with Crippen molar-refractivity contribution in [2.75, 3.05) is 5.06 Å². The molecule has 0 fully saturated rings. The SMILES string of the molecule is NNC(=O)N(O)c1c(O)ccc2c1Sc1ccccc1O2. The highest BCUT2D eigenvalue weighted by Crippen LogP contribution is 2.53. The highest BCUT2D eigenvalue weighted by molar-refractivity contribution is 7.99. The molecule has 0 saturated carbocycles. The lowest BCUT2D eigenvalue weighted by Crippen LogP contribution is -2.42. The first-order valence-electron chi connectivity index (χ1n) is 5.92. The second-order valence-corrected chi connectivity index (χ2v) is 5.22. The highest BCUT2D eigenvalue weighted by Gasteiger charge is 2.28. The van der Waals surface area contributed by atoms with Crippen LogP contribution in [0.5, 0.6) is 17.2 Å². The number of ether oxygens (including phenoxy) is 1. The van der Waals surface area contributed by atoms with Crippen LogP contribution in [-0.2, 0) is 0 Å². The molecule has 3 rings (SSSR count). The Morgan fingerprint density at radius 3 is 2.76 bits per heavy atom. The number of phenolic OH excluding ortho intramolecular Hbond substituents is 1. The number of hydrogen-bond donors (Lipinski definition) is 4. The number of nitrogens with two attached hydrogens (primary N) is 1. The van der Waals surface area contributed by atoms with Crippen molar-refractivity contribution in [1.29, 1.82) is 0 Å². The molecular weight excluding hydrogens is 294 g/mol. The van der Waals surface area contributed by atoms with E-state index in [1.165, 1.54) is 17.8 Å². The van der Waals surface area contributed by atoms with E-state index in [0.29, 0.717) is 16.4 Å². The molecule has 8 heteroatoms. The van der Waals surface area contributed by atoms with Gasteiger partial charge in [0.05, 0.1) is 9.79 Å². The Morgan fingerprint density at radius 2 is 2.00 bits per heavy atom. The van der Waals surface area contributed by atoms with Crippen molar-refractivity contribution in [2.45, 2.75) is 9.79 Å². The molecule has 0 atom stereocenters. The van der Waals surface area contributed by atoms with Gasteiger partial charge in [0.15, 0.2) is 0 Å². The Labute approximate surface area is 123 Å². The lowest BCUT2D eigenvalue weighted by Gasteiger charge is -2.24. The van der Waals surface area contributed by atoms with E-state index in [0.717, 1.165) is 4.90 Å². The molecule has 0 aromatic heterocycles. The van der Waals surface area contributed by atoms with E-state index >= 15 is 0 Å². The molecule has 1 aliphatic heterocycles. The third-order valence-corrected chi connectivity index (χ3v) is 4.04. The summed E-state index contributed by atoms with van der Waals surface area (Å²) in [4.78, 5) is 12.7. The largest absolute Gasteiger partial charge is 0.506 e. The van der Waals surface area contributed by atoms with Crippen LogP contribution in [0, 0.1) is 0 Å². The molecule has 2 aromatic carbocycles. The van der Waals surface area contributed by atoms with Gasteiger partial charge < -0.3 is 9.84 Å². The first-order chi connectivity index (χ1) is 10.1. The van der Waals surface area contributed by atoms with E-state index in [-0.39, 0.29) is 16.5 Å². The van der Waals surface area contributed by atoms with E-state index in [4.69, 9.17) is 10.6 Å². The van der Waals surface area contributed by atoms with Gasteiger partial charge in [-0.1, -0.05) is 23.9 Å². The number of para-hydroxylation sites is 1. The molecule has 0 aliphatic carbocycles. The Balaban J connectivity index is 2.10. The molecule has 0 bridgehead atoms. The Kier molecular flexibility index (Phi) is 3.34. The van der Waals surface area contributed by atoms with Crippen molar-refractivity contribution >= 4 is 23.5 Å². The fourth-order valence-corrected chi connectivity index (χ4v) is 3.01. The van der Waals surface area contributed by atoms with Gasteiger partial charge in [-0.2, -0.15) is 5.06 Å². The van der Waals surface area contributed by atoms with Crippen LogP contribution < -0.4 is 21.1 Å². The number of amides is 2. The summed E-state index contributed by atoms with van der Waals surface area (Å²) in [6.07, 6.45) is 0. The zero-order valence-electron chi connectivity index (χ0n) is 10.6. The van der Waals surface area contributed by atoms with E-state index in [2.05, 4.69) is 0 Å². The third kappa shape index (κ3) is 2.25. The predicted octanol–water partition coefficient (Wildman–Crippen LogP) is 2.43. The normalized spacial score (nSPS) is 11.9. The fraction of sp³-hybridized carbons (Fsp3) is 0. The van der Waals surface area contributed by atoms with E-state index < -0.39 is 6.03 Å². The number of nitrogens with one attached hydrogen (secondary N) is 1. The summed E-state index contributed by atoms with van der Waals surface area (Å²) in [6, 6.07) is 9.24. The zero-order valence-corrected chi connectivity index (χ0v) is 11.4. The standard InChI is InChI=1S/C13H11N3O4S/c14-15-13(18)16(19)11-7(17)5-6-9-12(11)21-10-4-2-1-3-8(10)20-9/h1-6,17,19H,14H2,(H,15,18). The number of anilines is 1. The average Bonchev–Trinajstić information content (AvgIpc) is 2.51. The molecule has 108 valence electrons. The Bertz CT molecular complexity index is 723. The number of phenols is 1. The van der Waals surface area contributed by atoms with Crippen LogP contribution in [-0.4, -0.2) is 16.3 Å². The minimum Gasteiger partial charge on any atom is -0.506 e. The number of carbonyl (C=O) groups excluding carboxylic acids is 1. The van der Waals surface area contributed by atoms with Crippen LogP contribution in [0.4, 0.5) is 10.5 Å². The van der Waals surface area contributed by atoms with E-state index in [1.807, 2.05) is 18.2 Å². The molecule has 0 unspecified atom stereocenters. The molecule has 2 amide bonds. The van der Waals surface area contributed by atoms with Crippen LogP contribution in [0.1, 0.15) is 0 Å². The second-order valence-electron chi connectivity index (χ2n) is 4.17. The molecule has 0 radical (unpaired) electrons. The average molecular weight is 305 g/mol. The number of benzene rings is 2. The van der Waals surface area contributed by atoms with Gasteiger partial charge >= 0.3 is 6.03 Å². The third-order valence-electron chi connectivity index (χ3n) is 2.88. The quantitative estimate of drug-likeness (QED) is 0.238. The summed E-state index contributed by atoms with van der Waals surface area (Å²) in [5.74, 6) is 5.82. The fourth-order valence-electron chi connectivity index (χ4n) is 1.94. The molecule has 0 spiro atoms. The van der Waals surface area contributed by atoms with Crippen LogP contribution in [0.15, 0.2) is 46.2 Å². The summed E-state index contributed by atoms with van der Waals surface area (Å²) in [7, 11) is 0. The molecule has 1 aliphatic rings. The van der Waals surface area contributed by atoms with Crippen LogP contribution >= 0.6 is 11.8 Å². The molecule has 7 nitrogen and oxygen atoms in total. The lowest BCUT2D eigenvalue weighted by molar-refractivity contribution is 0.202. The summed E-state index contributed by atoms with van der Waals surface area (Å²) >= 11 is 1.27. The van der Waals surface area contributed by atoms with Crippen LogP contribution in [0.2, 0.25) is 0 Å². The number of urea groups is 1. The van der Waals surface area contributed by atoms with Crippen molar-refractivity contribution in [3.05, 3.63) is 36.4 Å². The number of hydroxylamine groups is 1. The van der Waals surface area contributed by atoms with Gasteiger partial charge in [0.25, 0.3) is 0 Å². The Morgan fingerprint density at radius 1 is 1.24 bits per heavy atom. The first-order valence-corrected chi connectivity index (χ1v) is 6.73. The van der Waals surface area contributed by atoms with Gasteiger partial charge in [-0.15, -0.1) is 0 Å². The van der Waals surface area contributed by atoms with E-state index in [9.17, 15) is 15.1 Å². The predicted molar refractivity (Wildman–Crippen MR) is 75.7 cm³/mol. The number of aromatic hydroxyl groups is 1. The minimum absolute atomic E-state index is 0.0880. The van der Waals surface area contributed by atoms with Gasteiger partial charge in [0, 0.05) is 0 Å². The minimum atomic E-state index is -0.974. The first kappa shape index (κ1) is 13.6. The zero-order chi connectivity index (χ0) is 15.0. The number of hydrazine groups is 1. The summed E-state index contributed by atoms with van der Waals surface area (Å²) < 4.78 is 5.70. The lowest BCUT2D eigenvalue weighted by atomic mass is 10.2. The van der Waals surface area contributed by atoms with Crippen molar-refractivity contribution in [3.63, 3.8) is 0 Å². The van der Waals surface area contributed by atoms with Gasteiger partial charge in [0.2, 0.25) is 0 Å².